The molecular weight excluding hydrogens is 416 g/mol. The molecule has 33 heavy (non-hydrogen) atoms. The lowest BCUT2D eigenvalue weighted by Gasteiger charge is -2.28. The molecule has 0 aromatic rings. The smallest absolute Gasteiger partial charge is 0.303 e. The summed E-state index contributed by atoms with van der Waals surface area (Å²) in [6.07, 6.45) is 17.2. The molecule has 2 amide bonds. The summed E-state index contributed by atoms with van der Waals surface area (Å²) in [4.78, 5) is 38.7. The summed E-state index contributed by atoms with van der Waals surface area (Å²) < 4.78 is 0. The van der Waals surface area contributed by atoms with Crippen LogP contribution in [0.4, 0.5) is 0 Å². The third kappa shape index (κ3) is 18.5. The van der Waals surface area contributed by atoms with Gasteiger partial charge in [-0.2, -0.15) is 0 Å². The van der Waals surface area contributed by atoms with Crippen molar-refractivity contribution in [3.63, 3.8) is 0 Å². The largest absolute Gasteiger partial charge is 0.481 e. The predicted octanol–water partition coefficient (Wildman–Crippen LogP) is 6.47. The maximum atomic E-state index is 13.2. The van der Waals surface area contributed by atoms with Gasteiger partial charge in [-0.3, -0.25) is 14.4 Å². The Morgan fingerprint density at radius 3 is 1.61 bits per heavy atom. The molecule has 0 unspecified atom stereocenters. The molecular formula is C27H52N2O4. The van der Waals surface area contributed by atoms with E-state index in [1.165, 1.54) is 38.5 Å². The van der Waals surface area contributed by atoms with Crippen LogP contribution in [0, 0.1) is 0 Å². The highest BCUT2D eigenvalue weighted by Crippen LogP contribution is 2.12. The second kappa shape index (κ2) is 22.2. The Bertz CT molecular complexity index is 500. The predicted molar refractivity (Wildman–Crippen MR) is 136 cm³/mol. The van der Waals surface area contributed by atoms with Crippen LogP contribution >= 0.6 is 0 Å². The summed E-state index contributed by atoms with van der Waals surface area (Å²) >= 11 is 0. The van der Waals surface area contributed by atoms with E-state index in [1.54, 1.807) is 0 Å². The third-order valence-corrected chi connectivity index (χ3v) is 6.16. The zero-order valence-electron chi connectivity index (χ0n) is 21.8. The van der Waals surface area contributed by atoms with Gasteiger partial charge in [0.05, 0.1) is 0 Å². The molecule has 0 fully saturated rings. The molecule has 6 heteroatoms. The van der Waals surface area contributed by atoms with Gasteiger partial charge in [-0.05, 0) is 25.7 Å². The van der Waals surface area contributed by atoms with Crippen LogP contribution in [0.1, 0.15) is 136 Å². The number of rotatable bonds is 23. The summed E-state index contributed by atoms with van der Waals surface area (Å²) in [5, 5.41) is 12.0. The van der Waals surface area contributed by atoms with Gasteiger partial charge in [0.1, 0.15) is 6.04 Å². The molecule has 0 aliphatic rings. The van der Waals surface area contributed by atoms with E-state index in [2.05, 4.69) is 26.1 Å². The first-order valence-electron chi connectivity index (χ1n) is 13.8. The molecule has 0 spiro atoms. The van der Waals surface area contributed by atoms with Gasteiger partial charge in [0.25, 0.3) is 0 Å². The highest BCUT2D eigenvalue weighted by atomic mass is 16.4. The van der Waals surface area contributed by atoms with Crippen LogP contribution in [0.2, 0.25) is 0 Å². The van der Waals surface area contributed by atoms with Gasteiger partial charge >= 0.3 is 5.97 Å². The molecule has 0 saturated carbocycles. The van der Waals surface area contributed by atoms with Crippen LogP contribution < -0.4 is 5.32 Å². The van der Waals surface area contributed by atoms with Crippen LogP contribution in [0.3, 0.4) is 0 Å². The molecule has 0 saturated heterocycles. The first-order chi connectivity index (χ1) is 16.0. The van der Waals surface area contributed by atoms with Gasteiger partial charge in [0, 0.05) is 25.9 Å². The number of carboxylic acids is 1. The molecule has 6 nitrogen and oxygen atoms in total. The Morgan fingerprint density at radius 1 is 0.667 bits per heavy atom. The van der Waals surface area contributed by atoms with Crippen molar-refractivity contribution in [2.45, 2.75) is 142 Å². The van der Waals surface area contributed by atoms with Crippen LogP contribution in [-0.4, -0.2) is 46.9 Å². The van der Waals surface area contributed by atoms with Gasteiger partial charge in [-0.1, -0.05) is 97.8 Å². The van der Waals surface area contributed by atoms with E-state index in [1.807, 2.05) is 4.90 Å². The molecule has 0 heterocycles. The van der Waals surface area contributed by atoms with Crippen molar-refractivity contribution in [2.24, 2.45) is 0 Å². The number of aliphatic carboxylic acids is 1. The fourth-order valence-corrected chi connectivity index (χ4v) is 4.05. The molecule has 2 N–H and O–H groups in total. The van der Waals surface area contributed by atoms with Crippen LogP contribution in [0.5, 0.6) is 0 Å². The average Bonchev–Trinajstić information content (AvgIpc) is 2.79. The maximum absolute atomic E-state index is 13.2. The molecule has 0 aliphatic heterocycles. The molecule has 0 radical (unpaired) electrons. The lowest BCUT2D eigenvalue weighted by molar-refractivity contribution is -0.139. The van der Waals surface area contributed by atoms with Gasteiger partial charge in [-0.25, -0.2) is 0 Å². The summed E-state index contributed by atoms with van der Waals surface area (Å²) in [5.74, 6) is -1.20. The minimum Gasteiger partial charge on any atom is -0.481 e. The fraction of sp³-hybridized carbons (Fsp3) is 0.889. The SMILES string of the molecule is CCCCCCCCCCCC(=O)N[C@@H](CCC(=O)O)C(=O)N(CCCCC)CCCCC. The molecule has 0 aromatic carbocycles. The summed E-state index contributed by atoms with van der Waals surface area (Å²) in [6.45, 7) is 7.83. The quantitative estimate of drug-likeness (QED) is 0.168. The van der Waals surface area contributed by atoms with E-state index in [0.717, 1.165) is 57.8 Å². The minimum absolute atomic E-state index is 0.119. The Labute approximate surface area is 203 Å². The van der Waals surface area contributed by atoms with E-state index in [9.17, 15) is 14.4 Å². The second-order valence-corrected chi connectivity index (χ2v) is 9.37. The highest BCUT2D eigenvalue weighted by Gasteiger charge is 2.26. The summed E-state index contributed by atoms with van der Waals surface area (Å²) in [5.41, 5.74) is 0. The maximum Gasteiger partial charge on any atom is 0.303 e. The Morgan fingerprint density at radius 2 is 1.12 bits per heavy atom. The van der Waals surface area contributed by atoms with Crippen molar-refractivity contribution < 1.29 is 19.5 Å². The van der Waals surface area contributed by atoms with Gasteiger partial charge in [0.2, 0.25) is 11.8 Å². The Kier molecular flexibility index (Phi) is 21.1. The lowest BCUT2D eigenvalue weighted by Crippen LogP contribution is -2.49. The number of nitrogens with zero attached hydrogens (tertiary/aromatic N) is 1. The molecule has 0 aromatic heterocycles. The van der Waals surface area contributed by atoms with Gasteiger partial charge < -0.3 is 15.3 Å². The summed E-state index contributed by atoms with van der Waals surface area (Å²) in [6, 6.07) is -0.740. The molecule has 1 atom stereocenters. The van der Waals surface area contributed by atoms with Crippen molar-refractivity contribution in [1.29, 1.82) is 0 Å². The molecule has 0 aliphatic carbocycles. The first kappa shape index (κ1) is 31.4. The first-order valence-corrected chi connectivity index (χ1v) is 13.8. The Balaban J connectivity index is 4.62. The average molecular weight is 469 g/mol. The van der Waals surface area contributed by atoms with Gasteiger partial charge in [0.15, 0.2) is 0 Å². The number of hydrogen-bond donors (Lipinski definition) is 2. The van der Waals surface area contributed by atoms with Gasteiger partial charge in [-0.15, -0.1) is 0 Å². The number of amides is 2. The number of carbonyl (C=O) groups excluding carboxylic acids is 2. The minimum atomic E-state index is -0.940. The van der Waals surface area contributed by atoms with Crippen LogP contribution in [0.15, 0.2) is 0 Å². The fourth-order valence-electron chi connectivity index (χ4n) is 4.05. The van der Waals surface area contributed by atoms with Crippen molar-refractivity contribution in [3.05, 3.63) is 0 Å². The van der Waals surface area contributed by atoms with E-state index in [-0.39, 0.29) is 24.7 Å². The van der Waals surface area contributed by atoms with E-state index < -0.39 is 12.0 Å². The number of carbonyl (C=O) groups is 3. The standard InChI is InChI=1S/C27H52N2O4/c1-4-7-10-11-12-13-14-15-16-19-25(30)28-24(20-21-26(31)32)27(33)29(22-17-8-5-2)23-18-9-6-3/h24H,4-23H2,1-3H3,(H,28,30)(H,31,32)/t24-/m0/s1. The van der Waals surface area contributed by atoms with Crippen LogP contribution in [-0.2, 0) is 14.4 Å². The molecule has 0 bridgehead atoms. The van der Waals surface area contributed by atoms with Crippen molar-refractivity contribution in [1.82, 2.24) is 10.2 Å². The van der Waals surface area contributed by atoms with Crippen LogP contribution in [0.25, 0.3) is 0 Å². The zero-order chi connectivity index (χ0) is 24.7. The van der Waals surface area contributed by atoms with E-state index in [4.69, 9.17) is 5.11 Å². The number of unbranched alkanes of at least 4 members (excludes halogenated alkanes) is 12. The summed E-state index contributed by atoms with van der Waals surface area (Å²) in [7, 11) is 0. The second-order valence-electron chi connectivity index (χ2n) is 9.37. The number of hydrogen-bond acceptors (Lipinski definition) is 3. The molecule has 194 valence electrons. The molecule has 0 rings (SSSR count). The monoisotopic (exact) mass is 468 g/mol. The van der Waals surface area contributed by atoms with E-state index >= 15 is 0 Å². The number of nitrogens with one attached hydrogen (secondary N) is 1. The van der Waals surface area contributed by atoms with Crippen molar-refractivity contribution in [3.8, 4) is 0 Å². The zero-order valence-corrected chi connectivity index (χ0v) is 21.8. The Hall–Kier alpha value is -1.59. The lowest BCUT2D eigenvalue weighted by atomic mass is 10.1. The topological polar surface area (TPSA) is 86.7 Å². The normalized spacial score (nSPS) is 11.8. The van der Waals surface area contributed by atoms with E-state index in [0.29, 0.717) is 19.5 Å². The third-order valence-electron chi connectivity index (χ3n) is 6.16. The highest BCUT2D eigenvalue weighted by molar-refractivity contribution is 5.88. The number of carboxylic acid groups (broad SMARTS) is 1. The van der Waals surface area contributed by atoms with Crippen molar-refractivity contribution >= 4 is 17.8 Å². The van der Waals surface area contributed by atoms with Crippen molar-refractivity contribution in [2.75, 3.05) is 13.1 Å².